The lowest BCUT2D eigenvalue weighted by Gasteiger charge is -2.26. The van der Waals surface area contributed by atoms with Crippen LogP contribution in [0.15, 0.2) is 58.4 Å². The van der Waals surface area contributed by atoms with Crippen molar-refractivity contribution >= 4 is 23.2 Å². The number of aromatic nitrogens is 5. The van der Waals surface area contributed by atoms with Crippen LogP contribution in [0.3, 0.4) is 0 Å². The van der Waals surface area contributed by atoms with Crippen LogP contribution >= 0.6 is 11.6 Å². The van der Waals surface area contributed by atoms with Crippen LogP contribution in [-0.2, 0) is 18.3 Å². The van der Waals surface area contributed by atoms with E-state index in [1.54, 1.807) is 12.3 Å². The Balaban J connectivity index is 1.56. The molecule has 1 aromatic carbocycles. The molecule has 1 fully saturated rings. The quantitative estimate of drug-likeness (QED) is 0.358. The van der Waals surface area contributed by atoms with Crippen molar-refractivity contribution in [1.29, 1.82) is 0 Å². The smallest absolute Gasteiger partial charge is 0.296 e. The number of hydrogen-bond donors (Lipinski definition) is 2. The Morgan fingerprint density at radius 3 is 2.76 bits per heavy atom. The first-order valence-corrected chi connectivity index (χ1v) is 12.1. The van der Waals surface area contributed by atoms with Crippen LogP contribution in [0.25, 0.3) is 0 Å². The monoisotopic (exact) mass is 524 g/mol. The minimum atomic E-state index is -0.767. The summed E-state index contributed by atoms with van der Waals surface area (Å²) < 4.78 is 13.1. The molecule has 1 aliphatic rings. The summed E-state index contributed by atoms with van der Waals surface area (Å²) >= 11 is 6.63. The lowest BCUT2D eigenvalue weighted by atomic mass is 9.82. The van der Waals surface area contributed by atoms with Crippen molar-refractivity contribution in [3.8, 4) is 5.75 Å². The molecule has 192 valence electrons. The van der Waals surface area contributed by atoms with Gasteiger partial charge in [0.1, 0.15) is 17.8 Å². The summed E-state index contributed by atoms with van der Waals surface area (Å²) in [5, 5.41) is 21.6. The number of carbonyl (C=O) groups excluding carboxylic acids is 1. The van der Waals surface area contributed by atoms with Crippen molar-refractivity contribution in [1.82, 2.24) is 24.5 Å². The van der Waals surface area contributed by atoms with Crippen molar-refractivity contribution in [2.75, 3.05) is 18.5 Å². The molecule has 4 aromatic rings. The predicted octanol–water partition coefficient (Wildman–Crippen LogP) is 3.16. The SMILES string of the molecule is C[C@H](c1nc(C(=O)Nc2cnoc2)c(O)c(=O)n1C)[C@H](c1cnn(CC2COC2)c1)c1ccccc1Cl. The van der Waals surface area contributed by atoms with Gasteiger partial charge in [-0.2, -0.15) is 5.10 Å². The highest BCUT2D eigenvalue weighted by Crippen LogP contribution is 2.40. The molecule has 3 aromatic heterocycles. The number of nitrogens with zero attached hydrogens (tertiary/aromatic N) is 5. The number of anilines is 1. The van der Waals surface area contributed by atoms with E-state index in [0.717, 1.165) is 17.7 Å². The van der Waals surface area contributed by atoms with Gasteiger partial charge in [0.15, 0.2) is 5.69 Å². The normalized spacial score (nSPS) is 15.2. The molecular formula is C25H25ClN6O5. The maximum atomic E-state index is 13.0. The summed E-state index contributed by atoms with van der Waals surface area (Å²) in [6.45, 7) is 4.04. The zero-order valence-electron chi connectivity index (χ0n) is 20.2. The molecule has 0 unspecified atom stereocenters. The van der Waals surface area contributed by atoms with E-state index in [2.05, 4.69) is 20.6 Å². The Morgan fingerprint density at radius 1 is 1.30 bits per heavy atom. The number of hydrogen-bond acceptors (Lipinski definition) is 8. The Labute approximate surface area is 216 Å². The fraction of sp³-hybridized carbons (Fsp3) is 0.320. The van der Waals surface area contributed by atoms with E-state index in [-0.39, 0.29) is 11.6 Å². The number of rotatable bonds is 8. The van der Waals surface area contributed by atoms with Crippen LogP contribution in [0.5, 0.6) is 5.75 Å². The molecular weight excluding hydrogens is 500 g/mol. The second kappa shape index (κ2) is 10.2. The number of amides is 1. The molecule has 37 heavy (non-hydrogen) atoms. The molecule has 0 bridgehead atoms. The van der Waals surface area contributed by atoms with E-state index in [9.17, 15) is 14.7 Å². The average molecular weight is 525 g/mol. The van der Waals surface area contributed by atoms with Crippen LogP contribution in [-0.4, -0.2) is 48.7 Å². The van der Waals surface area contributed by atoms with Gasteiger partial charge in [-0.15, -0.1) is 0 Å². The van der Waals surface area contributed by atoms with Crippen LogP contribution in [0.4, 0.5) is 5.69 Å². The lowest BCUT2D eigenvalue weighted by Crippen LogP contribution is -2.31. The largest absolute Gasteiger partial charge is 0.501 e. The number of benzene rings is 1. The summed E-state index contributed by atoms with van der Waals surface area (Å²) in [6.07, 6.45) is 6.25. The molecule has 12 heteroatoms. The molecule has 0 spiro atoms. The van der Waals surface area contributed by atoms with Crippen molar-refractivity contribution in [3.05, 3.63) is 87.1 Å². The van der Waals surface area contributed by atoms with Gasteiger partial charge >= 0.3 is 0 Å². The third kappa shape index (κ3) is 4.87. The number of aromatic hydroxyl groups is 1. The summed E-state index contributed by atoms with van der Waals surface area (Å²) in [6, 6.07) is 7.44. The third-order valence-corrected chi connectivity index (χ3v) is 6.86. The minimum absolute atomic E-state index is 0.264. The van der Waals surface area contributed by atoms with Crippen LogP contribution in [0.1, 0.15) is 46.2 Å². The molecule has 1 aliphatic heterocycles. The minimum Gasteiger partial charge on any atom is -0.501 e. The van der Waals surface area contributed by atoms with E-state index in [0.29, 0.717) is 30.0 Å². The van der Waals surface area contributed by atoms with Crippen LogP contribution in [0.2, 0.25) is 5.02 Å². The Kier molecular flexibility index (Phi) is 6.81. The van der Waals surface area contributed by atoms with Gasteiger partial charge in [0, 0.05) is 42.6 Å². The van der Waals surface area contributed by atoms with Gasteiger partial charge in [0.2, 0.25) is 5.75 Å². The highest BCUT2D eigenvalue weighted by atomic mass is 35.5. The second-order valence-electron chi connectivity index (χ2n) is 9.09. The van der Waals surface area contributed by atoms with Gasteiger partial charge in [0.25, 0.3) is 11.5 Å². The standard InChI is InChI=1S/C25H25ClN6O5/c1-14(23-30-21(22(33)25(35)31(23)2)24(34)29-17-8-28-37-13-17)20(18-5-3-4-6-19(18)26)16-7-27-32(10-16)9-15-11-36-12-15/h3-8,10,13-15,20,33H,9,11-12H2,1-2H3,(H,29,34)/t14-,20+/m0/s1. The number of nitrogens with one attached hydrogen (secondary N) is 1. The van der Waals surface area contributed by atoms with Gasteiger partial charge in [-0.1, -0.05) is 41.9 Å². The molecule has 2 atom stereocenters. The first kappa shape index (κ1) is 24.7. The number of ether oxygens (including phenoxy) is 1. The molecule has 4 heterocycles. The second-order valence-corrected chi connectivity index (χ2v) is 9.49. The van der Waals surface area contributed by atoms with Gasteiger partial charge in [-0.3, -0.25) is 18.8 Å². The highest BCUT2D eigenvalue weighted by molar-refractivity contribution is 6.31. The molecule has 0 radical (unpaired) electrons. The third-order valence-electron chi connectivity index (χ3n) is 6.52. The van der Waals surface area contributed by atoms with E-state index in [4.69, 9.17) is 20.9 Å². The zero-order chi connectivity index (χ0) is 26.1. The average Bonchev–Trinajstić information content (AvgIpc) is 3.54. The molecule has 2 N–H and O–H groups in total. The van der Waals surface area contributed by atoms with Crippen molar-refractivity contribution < 1.29 is 19.2 Å². The number of halogens is 1. The summed E-state index contributed by atoms with van der Waals surface area (Å²) in [7, 11) is 1.51. The first-order valence-electron chi connectivity index (χ1n) is 11.7. The molecule has 1 saturated heterocycles. The van der Waals surface area contributed by atoms with E-state index < -0.39 is 28.8 Å². The van der Waals surface area contributed by atoms with Crippen molar-refractivity contribution in [2.24, 2.45) is 13.0 Å². The van der Waals surface area contributed by atoms with E-state index in [1.165, 1.54) is 24.1 Å². The fourth-order valence-corrected chi connectivity index (χ4v) is 4.79. The maximum Gasteiger partial charge on any atom is 0.296 e. The number of carbonyl (C=O) groups is 1. The Morgan fingerprint density at radius 2 is 2.08 bits per heavy atom. The highest BCUT2D eigenvalue weighted by Gasteiger charge is 2.31. The van der Waals surface area contributed by atoms with Crippen LogP contribution < -0.4 is 10.9 Å². The summed E-state index contributed by atoms with van der Waals surface area (Å²) in [5.74, 6) is -1.60. The van der Waals surface area contributed by atoms with Gasteiger partial charge in [0.05, 0.1) is 25.6 Å². The summed E-state index contributed by atoms with van der Waals surface area (Å²) in [4.78, 5) is 30.3. The topological polar surface area (TPSA) is 137 Å². The van der Waals surface area contributed by atoms with Crippen LogP contribution in [0, 0.1) is 5.92 Å². The van der Waals surface area contributed by atoms with Gasteiger partial charge < -0.3 is 19.7 Å². The van der Waals surface area contributed by atoms with E-state index >= 15 is 0 Å². The first-order chi connectivity index (χ1) is 17.8. The molecule has 1 amide bonds. The predicted molar refractivity (Wildman–Crippen MR) is 134 cm³/mol. The van der Waals surface area contributed by atoms with Crippen molar-refractivity contribution in [3.63, 3.8) is 0 Å². The molecule has 0 saturated carbocycles. The molecule has 11 nitrogen and oxygen atoms in total. The van der Waals surface area contributed by atoms with E-state index in [1.807, 2.05) is 36.0 Å². The van der Waals surface area contributed by atoms with Gasteiger partial charge in [-0.05, 0) is 17.2 Å². The fourth-order valence-electron chi connectivity index (χ4n) is 4.54. The maximum absolute atomic E-state index is 13.0. The Hall–Kier alpha value is -3.96. The summed E-state index contributed by atoms with van der Waals surface area (Å²) in [5.41, 5.74) is 0.815. The van der Waals surface area contributed by atoms with Gasteiger partial charge in [-0.25, -0.2) is 4.98 Å². The molecule has 5 rings (SSSR count). The molecule has 0 aliphatic carbocycles. The van der Waals surface area contributed by atoms with Crippen molar-refractivity contribution in [2.45, 2.75) is 25.3 Å². The lowest BCUT2D eigenvalue weighted by molar-refractivity contribution is -0.0408. The zero-order valence-corrected chi connectivity index (χ0v) is 20.9. The Bertz CT molecular complexity index is 1480.